The average molecular weight is 404 g/mol. The lowest BCUT2D eigenvalue weighted by Gasteiger charge is -2.23. The van der Waals surface area contributed by atoms with E-state index in [9.17, 15) is 23.3 Å². The van der Waals surface area contributed by atoms with Crippen molar-refractivity contribution in [1.29, 1.82) is 0 Å². The number of benzene rings is 2. The molecule has 0 radical (unpaired) electrons. The van der Waals surface area contributed by atoms with Crippen molar-refractivity contribution in [3.63, 3.8) is 0 Å². The van der Waals surface area contributed by atoms with Gasteiger partial charge < -0.3 is 0 Å². The third-order valence-electron chi connectivity index (χ3n) is 3.81. The molecule has 0 aliphatic carbocycles. The minimum Gasteiger partial charge on any atom is -0.271 e. The number of hydrazone groups is 1. The lowest BCUT2D eigenvalue weighted by atomic mass is 10.1. The second-order valence-electron chi connectivity index (χ2n) is 5.90. The molecule has 28 heavy (non-hydrogen) atoms. The predicted molar refractivity (Wildman–Crippen MR) is 107 cm³/mol. The molecule has 0 saturated heterocycles. The van der Waals surface area contributed by atoms with Crippen molar-refractivity contribution in [2.45, 2.75) is 13.3 Å². The maximum atomic E-state index is 12.2. The molecule has 2 rings (SSSR count). The van der Waals surface area contributed by atoms with Gasteiger partial charge in [-0.2, -0.15) is 5.10 Å². The Morgan fingerprint density at radius 1 is 1.25 bits per heavy atom. The van der Waals surface area contributed by atoms with Crippen LogP contribution in [-0.2, 0) is 21.2 Å². The number of amides is 1. The van der Waals surface area contributed by atoms with Gasteiger partial charge in [-0.15, -0.1) is 0 Å². The summed E-state index contributed by atoms with van der Waals surface area (Å²) in [6.45, 7) is 1.45. The van der Waals surface area contributed by atoms with Gasteiger partial charge in [-0.25, -0.2) is 13.8 Å². The maximum Gasteiger partial charge on any atom is 0.270 e. The van der Waals surface area contributed by atoms with Gasteiger partial charge in [0.1, 0.15) is 6.54 Å². The zero-order valence-corrected chi connectivity index (χ0v) is 16.2. The number of anilines is 1. The summed E-state index contributed by atoms with van der Waals surface area (Å²) in [6.07, 6.45) is 2.88. The van der Waals surface area contributed by atoms with E-state index in [2.05, 4.69) is 10.5 Å². The van der Waals surface area contributed by atoms with E-state index < -0.39 is 27.4 Å². The number of sulfonamides is 1. The number of nitrogens with one attached hydrogen (secondary N) is 1. The van der Waals surface area contributed by atoms with Crippen LogP contribution in [0.25, 0.3) is 0 Å². The van der Waals surface area contributed by atoms with Crippen molar-refractivity contribution in [2.24, 2.45) is 5.10 Å². The van der Waals surface area contributed by atoms with Crippen LogP contribution >= 0.6 is 0 Å². The topological polar surface area (TPSA) is 122 Å². The number of carbonyl (C=O) groups is 1. The molecule has 0 aliphatic heterocycles. The molecule has 0 fully saturated rings. The van der Waals surface area contributed by atoms with E-state index in [1.54, 1.807) is 30.3 Å². The molecule has 9 nitrogen and oxygen atoms in total. The van der Waals surface area contributed by atoms with Crippen molar-refractivity contribution in [3.8, 4) is 0 Å². The number of nitrogens with zero attached hydrogens (tertiary/aromatic N) is 3. The molecule has 0 bridgehead atoms. The average Bonchev–Trinajstić information content (AvgIpc) is 2.65. The van der Waals surface area contributed by atoms with E-state index >= 15 is 0 Å². The van der Waals surface area contributed by atoms with E-state index in [-0.39, 0.29) is 5.69 Å². The summed E-state index contributed by atoms with van der Waals surface area (Å²) in [4.78, 5) is 22.4. The Morgan fingerprint density at radius 3 is 2.61 bits per heavy atom. The zero-order valence-electron chi connectivity index (χ0n) is 15.4. The van der Waals surface area contributed by atoms with E-state index in [1.165, 1.54) is 24.4 Å². The summed E-state index contributed by atoms with van der Waals surface area (Å²) in [7, 11) is -3.69. The minimum absolute atomic E-state index is 0.102. The van der Waals surface area contributed by atoms with Crippen LogP contribution in [0.5, 0.6) is 0 Å². The summed E-state index contributed by atoms with van der Waals surface area (Å²) >= 11 is 0. The molecule has 0 saturated carbocycles. The quantitative estimate of drug-likeness (QED) is 0.410. The molecule has 0 aromatic heterocycles. The first kappa shape index (κ1) is 21.0. The molecule has 0 spiro atoms. The van der Waals surface area contributed by atoms with Gasteiger partial charge in [-0.3, -0.25) is 19.2 Å². The summed E-state index contributed by atoms with van der Waals surface area (Å²) in [6, 6.07) is 12.7. The number of para-hydroxylation sites is 1. The Kier molecular flexibility index (Phi) is 6.83. The molecule has 148 valence electrons. The highest BCUT2D eigenvalue weighted by Gasteiger charge is 2.22. The SMILES string of the molecule is CCc1ccccc1N(CC(=O)N/N=C\c1cccc([N+](=O)[O-])c1)S(C)(=O)=O. The summed E-state index contributed by atoms with van der Waals surface area (Å²) in [5.74, 6) is -0.641. The van der Waals surface area contributed by atoms with Crippen molar-refractivity contribution >= 4 is 33.5 Å². The van der Waals surface area contributed by atoms with Crippen LogP contribution in [0.3, 0.4) is 0 Å². The Hall–Kier alpha value is -3.27. The normalized spacial score (nSPS) is 11.4. The molecule has 0 heterocycles. The largest absolute Gasteiger partial charge is 0.271 e. The Balaban J connectivity index is 2.12. The fourth-order valence-electron chi connectivity index (χ4n) is 2.50. The Morgan fingerprint density at radius 2 is 1.96 bits per heavy atom. The second kappa shape index (κ2) is 9.09. The number of rotatable bonds is 8. The molecule has 0 unspecified atom stereocenters. The van der Waals surface area contributed by atoms with E-state index in [1.807, 2.05) is 6.92 Å². The fraction of sp³-hybridized carbons (Fsp3) is 0.222. The first-order valence-corrected chi connectivity index (χ1v) is 10.2. The molecule has 0 atom stereocenters. The number of non-ortho nitro benzene ring substituents is 1. The summed E-state index contributed by atoms with van der Waals surface area (Å²) in [5, 5.41) is 14.5. The third kappa shape index (κ3) is 5.61. The number of nitro groups is 1. The Bertz CT molecular complexity index is 1000. The number of hydrogen-bond donors (Lipinski definition) is 1. The lowest BCUT2D eigenvalue weighted by molar-refractivity contribution is -0.384. The van der Waals surface area contributed by atoms with Crippen molar-refractivity contribution < 1.29 is 18.1 Å². The minimum atomic E-state index is -3.69. The second-order valence-corrected chi connectivity index (χ2v) is 7.80. The van der Waals surface area contributed by atoms with E-state index in [0.29, 0.717) is 17.7 Å². The highest BCUT2D eigenvalue weighted by molar-refractivity contribution is 7.92. The zero-order chi connectivity index (χ0) is 20.7. The molecule has 10 heteroatoms. The van der Waals surface area contributed by atoms with Crippen LogP contribution in [0.4, 0.5) is 11.4 Å². The van der Waals surface area contributed by atoms with Gasteiger partial charge in [-0.05, 0) is 18.1 Å². The van der Waals surface area contributed by atoms with Crippen LogP contribution in [0.1, 0.15) is 18.1 Å². The van der Waals surface area contributed by atoms with Gasteiger partial charge in [0.15, 0.2) is 0 Å². The molecular weight excluding hydrogens is 384 g/mol. The van der Waals surface area contributed by atoms with E-state index in [0.717, 1.165) is 16.1 Å². The van der Waals surface area contributed by atoms with Crippen LogP contribution in [0, 0.1) is 10.1 Å². The van der Waals surface area contributed by atoms with Crippen molar-refractivity contribution in [1.82, 2.24) is 5.43 Å². The van der Waals surface area contributed by atoms with Gasteiger partial charge in [0.25, 0.3) is 11.6 Å². The number of aryl methyl sites for hydroxylation is 1. The molecular formula is C18H20N4O5S. The molecule has 1 amide bonds. The predicted octanol–water partition coefficient (Wildman–Crippen LogP) is 2.07. The fourth-order valence-corrected chi connectivity index (χ4v) is 3.38. The highest BCUT2D eigenvalue weighted by atomic mass is 32.2. The molecule has 2 aromatic rings. The highest BCUT2D eigenvalue weighted by Crippen LogP contribution is 2.23. The molecule has 2 aromatic carbocycles. The van der Waals surface area contributed by atoms with Crippen molar-refractivity contribution in [2.75, 3.05) is 17.1 Å². The monoisotopic (exact) mass is 404 g/mol. The van der Waals surface area contributed by atoms with Gasteiger partial charge in [-0.1, -0.05) is 37.3 Å². The Labute approximate surface area is 162 Å². The van der Waals surface area contributed by atoms with Gasteiger partial charge in [0.2, 0.25) is 10.0 Å². The van der Waals surface area contributed by atoms with Gasteiger partial charge in [0, 0.05) is 17.7 Å². The first-order valence-electron chi connectivity index (χ1n) is 8.34. The molecule has 0 aliphatic rings. The molecule has 1 N–H and O–H groups in total. The third-order valence-corrected chi connectivity index (χ3v) is 4.94. The van der Waals surface area contributed by atoms with Crippen molar-refractivity contribution in [3.05, 3.63) is 69.8 Å². The van der Waals surface area contributed by atoms with E-state index in [4.69, 9.17) is 0 Å². The lowest BCUT2D eigenvalue weighted by Crippen LogP contribution is -2.39. The standard InChI is InChI=1S/C18H20N4O5S/c1-3-15-8-4-5-10-17(15)21(28(2,26)27)13-18(23)20-19-12-14-7-6-9-16(11-14)22(24)25/h4-12H,3,13H2,1-2H3,(H,20,23)/b19-12-. The number of carbonyl (C=O) groups excluding carboxylic acids is 1. The first-order chi connectivity index (χ1) is 13.2. The number of nitro benzene ring substituents is 1. The van der Waals surface area contributed by atoms with Crippen LogP contribution in [0.15, 0.2) is 53.6 Å². The smallest absolute Gasteiger partial charge is 0.270 e. The van der Waals surface area contributed by atoms with Crippen LogP contribution in [0.2, 0.25) is 0 Å². The maximum absolute atomic E-state index is 12.2. The number of hydrogen-bond acceptors (Lipinski definition) is 6. The summed E-state index contributed by atoms with van der Waals surface area (Å²) in [5.41, 5.74) is 3.79. The van der Waals surface area contributed by atoms with Crippen LogP contribution < -0.4 is 9.73 Å². The summed E-state index contributed by atoms with van der Waals surface area (Å²) < 4.78 is 25.4. The van der Waals surface area contributed by atoms with Gasteiger partial charge >= 0.3 is 0 Å². The van der Waals surface area contributed by atoms with Crippen LogP contribution in [-0.4, -0.2) is 38.3 Å². The van der Waals surface area contributed by atoms with Gasteiger partial charge in [0.05, 0.1) is 23.1 Å².